The molecule has 0 aromatic heterocycles. The molecule has 1 heterocycles. The Hall–Kier alpha value is -2.34. The van der Waals surface area contributed by atoms with Crippen LogP contribution in [0.15, 0.2) is 59.5 Å². The number of hydrogen-bond acceptors (Lipinski definition) is 3. The zero-order chi connectivity index (χ0) is 20.3. The van der Waals surface area contributed by atoms with Gasteiger partial charge in [-0.05, 0) is 36.1 Å². The highest BCUT2D eigenvalue weighted by Crippen LogP contribution is 2.33. The molecule has 2 aromatic carbocycles. The number of urea groups is 1. The minimum Gasteiger partial charge on any atom is -0.331 e. The smallest absolute Gasteiger partial charge is 0.319 e. The predicted molar refractivity (Wildman–Crippen MR) is 111 cm³/mol. The molecule has 0 bridgehead atoms. The quantitative estimate of drug-likeness (QED) is 0.788. The molecule has 1 aliphatic heterocycles. The van der Waals surface area contributed by atoms with E-state index in [-0.39, 0.29) is 18.5 Å². The van der Waals surface area contributed by atoms with Gasteiger partial charge < -0.3 is 9.80 Å². The Bertz CT molecular complexity index is 926. The summed E-state index contributed by atoms with van der Waals surface area (Å²) in [6.45, 7) is 2.76. The molecule has 2 atom stereocenters. The molecule has 1 saturated heterocycles. The maximum atomic E-state index is 13.4. The molecule has 0 saturated carbocycles. The lowest BCUT2D eigenvalue weighted by atomic mass is 9.90. The maximum Gasteiger partial charge on any atom is 0.319 e. The Labute approximate surface area is 167 Å². The molecule has 28 heavy (non-hydrogen) atoms. The molecule has 2 aromatic rings. The van der Waals surface area contributed by atoms with Crippen LogP contribution in [-0.4, -0.2) is 56.7 Å². The second-order valence-corrected chi connectivity index (χ2v) is 9.82. The lowest BCUT2D eigenvalue weighted by molar-refractivity contribution is 0.155. The van der Waals surface area contributed by atoms with Gasteiger partial charge in [0.25, 0.3) is 0 Å². The molecule has 0 spiro atoms. The van der Waals surface area contributed by atoms with Gasteiger partial charge >= 0.3 is 6.03 Å². The van der Waals surface area contributed by atoms with Crippen LogP contribution in [0.4, 0.5) is 4.79 Å². The van der Waals surface area contributed by atoms with Gasteiger partial charge in [-0.1, -0.05) is 49.4 Å². The molecule has 0 unspecified atom stereocenters. The van der Waals surface area contributed by atoms with E-state index in [9.17, 15) is 13.2 Å². The molecule has 0 radical (unpaired) electrons. The van der Waals surface area contributed by atoms with Gasteiger partial charge in [-0.25, -0.2) is 13.2 Å². The molecule has 0 N–H and O–H groups in total. The minimum absolute atomic E-state index is 0.00650. The van der Waals surface area contributed by atoms with E-state index in [0.717, 1.165) is 17.5 Å². The number of benzene rings is 2. The maximum absolute atomic E-state index is 13.4. The number of likely N-dealkylation sites (tertiary alicyclic amines) is 1. The summed E-state index contributed by atoms with van der Waals surface area (Å²) in [7, 11) is -0.146. The van der Waals surface area contributed by atoms with Crippen LogP contribution < -0.4 is 0 Å². The van der Waals surface area contributed by atoms with Crippen LogP contribution in [0.2, 0.25) is 0 Å². The molecule has 150 valence electrons. The fourth-order valence-electron chi connectivity index (χ4n) is 3.82. The highest BCUT2D eigenvalue weighted by molar-refractivity contribution is 7.92. The van der Waals surface area contributed by atoms with Crippen molar-refractivity contribution in [3.63, 3.8) is 0 Å². The standard InChI is InChI=1S/C22H28N2O3S/c1-4-17-9-8-12-20(13-17)28(26,27)21-14-19(18-10-6-5-7-11-18)15-24(16-21)22(25)23(2)3/h5-13,19,21H,4,14-16H2,1-3H3/t19-,21+/m0/s1. The van der Waals surface area contributed by atoms with Crippen molar-refractivity contribution in [2.75, 3.05) is 27.2 Å². The van der Waals surface area contributed by atoms with Gasteiger partial charge in [-0.15, -0.1) is 0 Å². The van der Waals surface area contributed by atoms with Crippen LogP contribution in [0.25, 0.3) is 0 Å². The van der Waals surface area contributed by atoms with E-state index in [4.69, 9.17) is 0 Å². The second kappa shape index (κ2) is 8.35. The average molecular weight is 401 g/mol. The number of rotatable bonds is 4. The van der Waals surface area contributed by atoms with Crippen molar-refractivity contribution in [3.05, 3.63) is 65.7 Å². The normalized spacial score (nSPS) is 20.0. The van der Waals surface area contributed by atoms with E-state index in [0.29, 0.717) is 17.9 Å². The molecule has 1 aliphatic rings. The lowest BCUT2D eigenvalue weighted by Gasteiger charge is -2.38. The predicted octanol–water partition coefficient (Wildman–Crippen LogP) is 3.56. The molecule has 6 heteroatoms. The Morgan fingerprint density at radius 3 is 2.43 bits per heavy atom. The minimum atomic E-state index is -3.54. The summed E-state index contributed by atoms with van der Waals surface area (Å²) in [4.78, 5) is 16.2. The third kappa shape index (κ3) is 4.22. The van der Waals surface area contributed by atoms with Crippen molar-refractivity contribution in [2.45, 2.75) is 35.8 Å². The first-order valence-corrected chi connectivity index (χ1v) is 11.2. The van der Waals surface area contributed by atoms with Gasteiger partial charge in [-0.3, -0.25) is 0 Å². The first-order chi connectivity index (χ1) is 13.3. The summed E-state index contributed by atoms with van der Waals surface area (Å²) in [5.41, 5.74) is 2.07. The number of piperidine rings is 1. The summed E-state index contributed by atoms with van der Waals surface area (Å²) in [5.74, 6) is -0.00650. The van der Waals surface area contributed by atoms with E-state index in [1.165, 1.54) is 4.90 Å². The Morgan fingerprint density at radius 1 is 1.07 bits per heavy atom. The van der Waals surface area contributed by atoms with Gasteiger partial charge in [0.05, 0.1) is 10.1 Å². The van der Waals surface area contributed by atoms with E-state index in [1.54, 1.807) is 37.2 Å². The van der Waals surface area contributed by atoms with Crippen molar-refractivity contribution in [1.29, 1.82) is 0 Å². The zero-order valence-corrected chi connectivity index (χ0v) is 17.5. The van der Waals surface area contributed by atoms with E-state index < -0.39 is 15.1 Å². The van der Waals surface area contributed by atoms with Gasteiger partial charge in [0.15, 0.2) is 9.84 Å². The Balaban J connectivity index is 1.96. The van der Waals surface area contributed by atoms with Crippen molar-refractivity contribution in [3.8, 4) is 0 Å². The number of amides is 2. The molecule has 1 fully saturated rings. The van der Waals surface area contributed by atoms with Gasteiger partial charge in [-0.2, -0.15) is 0 Å². The fourth-order valence-corrected chi connectivity index (χ4v) is 5.65. The third-order valence-corrected chi connectivity index (χ3v) is 7.54. The highest BCUT2D eigenvalue weighted by atomic mass is 32.2. The van der Waals surface area contributed by atoms with E-state index >= 15 is 0 Å². The number of nitrogens with zero attached hydrogens (tertiary/aromatic N) is 2. The fraction of sp³-hybridized carbons (Fsp3) is 0.409. The van der Waals surface area contributed by atoms with Crippen LogP contribution in [-0.2, 0) is 16.3 Å². The van der Waals surface area contributed by atoms with Gasteiger partial charge in [0.1, 0.15) is 0 Å². The van der Waals surface area contributed by atoms with Crippen LogP contribution >= 0.6 is 0 Å². The van der Waals surface area contributed by atoms with Crippen molar-refractivity contribution in [2.24, 2.45) is 0 Å². The number of carbonyl (C=O) groups is 1. The van der Waals surface area contributed by atoms with Crippen LogP contribution in [0.3, 0.4) is 0 Å². The highest BCUT2D eigenvalue weighted by Gasteiger charge is 2.38. The Kier molecular flexibility index (Phi) is 6.08. The number of hydrogen-bond donors (Lipinski definition) is 0. The SMILES string of the molecule is CCc1cccc(S(=O)(=O)[C@@H]2C[C@H](c3ccccc3)CN(C(=O)N(C)C)C2)c1. The van der Waals surface area contributed by atoms with Crippen molar-refractivity contribution < 1.29 is 13.2 Å². The summed E-state index contributed by atoms with van der Waals surface area (Å²) >= 11 is 0. The van der Waals surface area contributed by atoms with Crippen LogP contribution in [0.1, 0.15) is 30.4 Å². The first-order valence-electron chi connectivity index (χ1n) is 9.67. The van der Waals surface area contributed by atoms with Gasteiger partial charge in [0.2, 0.25) is 0 Å². The average Bonchev–Trinajstić information content (AvgIpc) is 2.73. The monoisotopic (exact) mass is 400 g/mol. The lowest BCUT2D eigenvalue weighted by Crippen LogP contribution is -2.51. The van der Waals surface area contributed by atoms with Crippen LogP contribution in [0.5, 0.6) is 0 Å². The summed E-state index contributed by atoms with van der Waals surface area (Å²) in [6, 6.07) is 16.9. The molecule has 0 aliphatic carbocycles. The van der Waals surface area contributed by atoms with Gasteiger partial charge in [0, 0.05) is 33.1 Å². The number of sulfone groups is 1. The van der Waals surface area contributed by atoms with Crippen molar-refractivity contribution in [1.82, 2.24) is 9.80 Å². The first kappa shape index (κ1) is 20.4. The molecular formula is C22H28N2O3S. The third-order valence-electron chi connectivity index (χ3n) is 5.41. The molecule has 3 rings (SSSR count). The van der Waals surface area contributed by atoms with E-state index in [2.05, 4.69) is 0 Å². The largest absolute Gasteiger partial charge is 0.331 e. The van der Waals surface area contributed by atoms with E-state index in [1.807, 2.05) is 43.3 Å². The zero-order valence-electron chi connectivity index (χ0n) is 16.7. The number of carbonyl (C=O) groups excluding carboxylic acids is 1. The van der Waals surface area contributed by atoms with Crippen LogP contribution in [0, 0.1) is 0 Å². The molecular weight excluding hydrogens is 372 g/mol. The summed E-state index contributed by atoms with van der Waals surface area (Å²) in [5, 5.41) is -0.623. The summed E-state index contributed by atoms with van der Waals surface area (Å²) in [6.07, 6.45) is 1.30. The Morgan fingerprint density at radius 2 is 1.79 bits per heavy atom. The topological polar surface area (TPSA) is 57.7 Å². The second-order valence-electron chi connectivity index (χ2n) is 7.59. The molecule has 5 nitrogen and oxygen atoms in total. The number of aryl methyl sites for hydroxylation is 1. The summed E-state index contributed by atoms with van der Waals surface area (Å²) < 4.78 is 26.8. The van der Waals surface area contributed by atoms with Crippen molar-refractivity contribution >= 4 is 15.9 Å². The molecule has 2 amide bonds.